The molecule has 0 amide bonds. The van der Waals surface area contributed by atoms with E-state index < -0.39 is 0 Å². The molecule has 0 bridgehead atoms. The van der Waals surface area contributed by atoms with Crippen LogP contribution in [0.25, 0.3) is 5.69 Å². The molecule has 2 aliphatic rings. The van der Waals surface area contributed by atoms with Gasteiger partial charge in [0.05, 0.1) is 18.5 Å². The van der Waals surface area contributed by atoms with Crippen molar-refractivity contribution >= 4 is 11.6 Å². The van der Waals surface area contributed by atoms with Crippen LogP contribution in [0, 0.1) is 13.8 Å². The van der Waals surface area contributed by atoms with Gasteiger partial charge in [-0.25, -0.2) is 4.68 Å². The average molecular weight is 399 g/mol. The molecule has 0 spiro atoms. The summed E-state index contributed by atoms with van der Waals surface area (Å²) in [5, 5.41) is 8.46. The van der Waals surface area contributed by atoms with Gasteiger partial charge in [-0.2, -0.15) is 5.10 Å². The first-order chi connectivity index (χ1) is 14.6. The van der Waals surface area contributed by atoms with E-state index in [4.69, 9.17) is 9.84 Å². The maximum atomic E-state index is 13.0. The zero-order valence-corrected chi connectivity index (χ0v) is 17.5. The number of benzene rings is 2. The van der Waals surface area contributed by atoms with E-state index >= 15 is 0 Å². The van der Waals surface area contributed by atoms with Crippen molar-refractivity contribution in [2.45, 2.75) is 39.0 Å². The minimum Gasteiger partial charge on any atom is -0.497 e. The number of aromatic nitrogens is 2. The molecule has 0 unspecified atom stereocenters. The Morgan fingerprint density at radius 1 is 1.03 bits per heavy atom. The Hall–Kier alpha value is -3.34. The second kappa shape index (κ2) is 7.17. The first-order valence-corrected chi connectivity index (χ1v) is 10.4. The summed E-state index contributed by atoms with van der Waals surface area (Å²) in [4.78, 5) is 13.0. The summed E-state index contributed by atoms with van der Waals surface area (Å²) in [5.41, 5.74) is 7.25. The number of carbonyl (C=O) groups excluding carboxylic acids is 1. The molecule has 152 valence electrons. The van der Waals surface area contributed by atoms with Gasteiger partial charge < -0.3 is 10.1 Å². The Labute approximate surface area is 176 Å². The van der Waals surface area contributed by atoms with Crippen molar-refractivity contribution in [1.82, 2.24) is 9.78 Å². The van der Waals surface area contributed by atoms with E-state index in [0.29, 0.717) is 6.42 Å². The van der Waals surface area contributed by atoms with Crippen molar-refractivity contribution in [3.8, 4) is 11.4 Å². The number of hydrogen-bond donors (Lipinski definition) is 1. The number of ketones is 1. The van der Waals surface area contributed by atoms with Crippen LogP contribution in [-0.2, 0) is 4.79 Å². The molecule has 2 aromatic carbocycles. The number of allylic oxidation sites excluding steroid dienone is 2. The van der Waals surface area contributed by atoms with Crippen LogP contribution in [-0.4, -0.2) is 22.7 Å². The van der Waals surface area contributed by atoms with Gasteiger partial charge in [-0.05, 0) is 56.5 Å². The molecule has 0 radical (unpaired) electrons. The van der Waals surface area contributed by atoms with Crippen LogP contribution in [0.1, 0.15) is 47.6 Å². The smallest absolute Gasteiger partial charge is 0.161 e. The molecule has 1 atom stereocenters. The van der Waals surface area contributed by atoms with Crippen LogP contribution < -0.4 is 10.1 Å². The first kappa shape index (κ1) is 18.7. The number of carbonyl (C=O) groups is 1. The Morgan fingerprint density at radius 3 is 2.47 bits per heavy atom. The average Bonchev–Trinajstić information content (AvgIpc) is 3.09. The molecule has 1 aliphatic carbocycles. The lowest BCUT2D eigenvalue weighted by Crippen LogP contribution is -2.27. The van der Waals surface area contributed by atoms with E-state index in [2.05, 4.69) is 48.6 Å². The number of rotatable bonds is 3. The minimum absolute atomic E-state index is 0.117. The van der Waals surface area contributed by atoms with Crippen LogP contribution in [0.2, 0.25) is 0 Å². The third-order valence-electron chi connectivity index (χ3n) is 6.14. The standard InChI is InChI=1S/C25H25N3O2/c1-15-7-11-18(12-8-15)28-25-22(16(2)27-28)23(17-9-13-19(30-3)14-10-17)24-20(26-25)5-4-6-21(24)29/h7-14,23,26H,4-6H2,1-3H3/t23-/m0/s1. The van der Waals surface area contributed by atoms with E-state index in [-0.39, 0.29) is 11.7 Å². The van der Waals surface area contributed by atoms with Gasteiger partial charge in [-0.15, -0.1) is 0 Å². The predicted molar refractivity (Wildman–Crippen MR) is 117 cm³/mol. The van der Waals surface area contributed by atoms with Crippen molar-refractivity contribution in [3.05, 3.63) is 82.2 Å². The van der Waals surface area contributed by atoms with Crippen molar-refractivity contribution < 1.29 is 9.53 Å². The maximum absolute atomic E-state index is 13.0. The Kier molecular flexibility index (Phi) is 4.46. The highest BCUT2D eigenvalue weighted by molar-refractivity contribution is 6.01. The molecule has 30 heavy (non-hydrogen) atoms. The Morgan fingerprint density at radius 2 is 1.77 bits per heavy atom. The number of nitrogens with zero attached hydrogens (tertiary/aromatic N) is 2. The van der Waals surface area contributed by atoms with Gasteiger partial charge in [0.25, 0.3) is 0 Å². The summed E-state index contributed by atoms with van der Waals surface area (Å²) in [6.07, 6.45) is 2.37. The van der Waals surface area contributed by atoms with Gasteiger partial charge in [0, 0.05) is 29.2 Å². The molecule has 5 rings (SSSR count). The van der Waals surface area contributed by atoms with Gasteiger partial charge in [0.1, 0.15) is 11.6 Å². The molecule has 0 saturated carbocycles. The second-order valence-corrected chi connectivity index (χ2v) is 8.10. The van der Waals surface area contributed by atoms with Crippen LogP contribution >= 0.6 is 0 Å². The van der Waals surface area contributed by atoms with E-state index in [0.717, 1.165) is 58.2 Å². The topological polar surface area (TPSA) is 56.1 Å². The largest absolute Gasteiger partial charge is 0.497 e. The monoisotopic (exact) mass is 399 g/mol. The third kappa shape index (κ3) is 2.93. The van der Waals surface area contributed by atoms with Gasteiger partial charge in [-0.3, -0.25) is 4.79 Å². The lowest BCUT2D eigenvalue weighted by Gasteiger charge is -2.33. The summed E-state index contributed by atoms with van der Waals surface area (Å²) in [7, 11) is 1.67. The quantitative estimate of drug-likeness (QED) is 0.669. The summed E-state index contributed by atoms with van der Waals surface area (Å²) >= 11 is 0. The Bertz CT molecular complexity index is 1150. The summed E-state index contributed by atoms with van der Waals surface area (Å²) in [6, 6.07) is 16.4. The SMILES string of the molecule is COc1ccc([C@@H]2C3=C(CCCC3=O)Nc3c2c(C)nn3-c2ccc(C)cc2)cc1. The highest BCUT2D eigenvalue weighted by Gasteiger charge is 2.38. The molecule has 5 nitrogen and oxygen atoms in total. The molecule has 1 aliphatic heterocycles. The molecule has 2 heterocycles. The highest BCUT2D eigenvalue weighted by Crippen LogP contribution is 2.47. The lowest BCUT2D eigenvalue weighted by atomic mass is 9.76. The van der Waals surface area contributed by atoms with Crippen molar-refractivity contribution in [2.24, 2.45) is 0 Å². The minimum atomic E-state index is -0.117. The normalized spacial score (nSPS) is 18.0. The summed E-state index contributed by atoms with van der Waals surface area (Å²) < 4.78 is 7.32. The fourth-order valence-corrected chi connectivity index (χ4v) is 4.62. The van der Waals surface area contributed by atoms with Crippen LogP contribution in [0.3, 0.4) is 0 Å². The van der Waals surface area contributed by atoms with Gasteiger partial charge in [0.2, 0.25) is 0 Å². The van der Waals surface area contributed by atoms with Crippen molar-refractivity contribution in [3.63, 3.8) is 0 Å². The van der Waals surface area contributed by atoms with Crippen molar-refractivity contribution in [2.75, 3.05) is 12.4 Å². The highest BCUT2D eigenvalue weighted by atomic mass is 16.5. The molecule has 3 aromatic rings. The Balaban J connectivity index is 1.71. The lowest BCUT2D eigenvalue weighted by molar-refractivity contribution is -0.116. The van der Waals surface area contributed by atoms with Crippen LogP contribution in [0.5, 0.6) is 5.75 Å². The van der Waals surface area contributed by atoms with E-state index in [9.17, 15) is 4.79 Å². The summed E-state index contributed by atoms with van der Waals surface area (Å²) in [6.45, 7) is 4.11. The van der Waals surface area contributed by atoms with Gasteiger partial charge in [-0.1, -0.05) is 29.8 Å². The second-order valence-electron chi connectivity index (χ2n) is 8.10. The fraction of sp³-hybridized carbons (Fsp3) is 0.280. The van der Waals surface area contributed by atoms with Gasteiger partial charge >= 0.3 is 0 Å². The fourth-order valence-electron chi connectivity index (χ4n) is 4.62. The number of methoxy groups -OCH3 is 1. The van der Waals surface area contributed by atoms with Gasteiger partial charge in [0.15, 0.2) is 5.78 Å². The van der Waals surface area contributed by atoms with E-state index in [1.807, 2.05) is 23.7 Å². The number of aryl methyl sites for hydroxylation is 2. The molecule has 1 aromatic heterocycles. The number of fused-ring (bicyclic) bond motifs is 1. The number of Topliss-reactive ketones (excluding diaryl/α,β-unsaturated/α-hetero) is 1. The molecular formula is C25H25N3O2. The molecular weight excluding hydrogens is 374 g/mol. The number of hydrogen-bond acceptors (Lipinski definition) is 4. The third-order valence-corrected chi connectivity index (χ3v) is 6.14. The molecule has 0 saturated heterocycles. The van der Waals surface area contributed by atoms with Crippen LogP contribution in [0.15, 0.2) is 59.8 Å². The van der Waals surface area contributed by atoms with E-state index in [1.165, 1.54) is 5.56 Å². The first-order valence-electron chi connectivity index (χ1n) is 10.4. The van der Waals surface area contributed by atoms with Crippen LogP contribution in [0.4, 0.5) is 5.82 Å². The number of anilines is 1. The number of ether oxygens (including phenoxy) is 1. The molecule has 5 heteroatoms. The number of nitrogens with one attached hydrogen (secondary N) is 1. The van der Waals surface area contributed by atoms with Crippen molar-refractivity contribution in [1.29, 1.82) is 0 Å². The zero-order chi connectivity index (χ0) is 20.8. The summed E-state index contributed by atoms with van der Waals surface area (Å²) in [5.74, 6) is 1.89. The molecule has 0 fully saturated rings. The maximum Gasteiger partial charge on any atom is 0.161 e. The zero-order valence-electron chi connectivity index (χ0n) is 17.5. The predicted octanol–water partition coefficient (Wildman–Crippen LogP) is 5.06. The molecule has 1 N–H and O–H groups in total. The van der Waals surface area contributed by atoms with E-state index in [1.54, 1.807) is 7.11 Å².